The van der Waals surface area contributed by atoms with E-state index in [0.29, 0.717) is 17.3 Å². The maximum Gasteiger partial charge on any atom is 0.159 e. The zero-order chi connectivity index (χ0) is 19.7. The molecule has 2 aromatic heterocycles. The van der Waals surface area contributed by atoms with E-state index in [1.165, 1.54) is 11.9 Å². The summed E-state index contributed by atoms with van der Waals surface area (Å²) >= 11 is 0. The lowest BCUT2D eigenvalue weighted by molar-refractivity contribution is 1.17. The molecule has 0 saturated carbocycles. The van der Waals surface area contributed by atoms with Crippen molar-refractivity contribution in [3.8, 4) is 0 Å². The molecule has 4 aromatic rings. The highest BCUT2D eigenvalue weighted by Gasteiger charge is 2.11. The van der Waals surface area contributed by atoms with E-state index in [9.17, 15) is 0 Å². The fraction of sp³-hybridized carbons (Fsp3) is 0.136. The predicted molar refractivity (Wildman–Crippen MR) is 115 cm³/mol. The third-order valence-corrected chi connectivity index (χ3v) is 4.64. The monoisotopic (exact) mass is 370 g/mol. The maximum absolute atomic E-state index is 6.36. The number of hydrogen-bond acceptors (Lipinski definition) is 6. The van der Waals surface area contributed by atoms with Crippen molar-refractivity contribution in [2.24, 2.45) is 0 Å². The van der Waals surface area contributed by atoms with Crippen LogP contribution in [0.2, 0.25) is 0 Å². The normalized spacial score (nSPS) is 10.8. The van der Waals surface area contributed by atoms with Crippen LogP contribution in [0.3, 0.4) is 0 Å². The molecule has 0 aliphatic heterocycles. The average Bonchev–Trinajstić information content (AvgIpc) is 2.67. The number of aromatic nitrogens is 3. The number of pyridine rings is 1. The second kappa shape index (κ2) is 7.15. The lowest BCUT2D eigenvalue weighted by atomic mass is 10.1. The quantitative estimate of drug-likeness (QED) is 0.467. The molecule has 6 nitrogen and oxygen atoms in total. The van der Waals surface area contributed by atoms with Crippen LogP contribution >= 0.6 is 0 Å². The number of rotatable bonds is 4. The van der Waals surface area contributed by atoms with Gasteiger partial charge in [-0.1, -0.05) is 23.8 Å². The van der Waals surface area contributed by atoms with Crippen molar-refractivity contribution in [1.29, 1.82) is 0 Å². The summed E-state index contributed by atoms with van der Waals surface area (Å²) in [5.41, 5.74) is 12.9. The highest BCUT2D eigenvalue weighted by Crippen LogP contribution is 2.31. The van der Waals surface area contributed by atoms with Crippen LogP contribution in [0.5, 0.6) is 0 Å². The van der Waals surface area contributed by atoms with Gasteiger partial charge in [0.25, 0.3) is 0 Å². The second-order valence-corrected chi connectivity index (χ2v) is 6.88. The van der Waals surface area contributed by atoms with E-state index in [1.54, 1.807) is 0 Å². The van der Waals surface area contributed by atoms with Gasteiger partial charge in [0.05, 0.1) is 5.52 Å². The van der Waals surface area contributed by atoms with Crippen LogP contribution in [-0.4, -0.2) is 15.0 Å². The summed E-state index contributed by atoms with van der Waals surface area (Å²) in [5.74, 6) is 1.12. The van der Waals surface area contributed by atoms with Crippen LogP contribution < -0.4 is 16.4 Å². The Morgan fingerprint density at radius 1 is 0.821 bits per heavy atom. The summed E-state index contributed by atoms with van der Waals surface area (Å²) < 4.78 is 0. The summed E-state index contributed by atoms with van der Waals surface area (Å²) in [4.78, 5) is 13.2. The van der Waals surface area contributed by atoms with E-state index >= 15 is 0 Å². The number of benzene rings is 2. The van der Waals surface area contributed by atoms with E-state index in [2.05, 4.69) is 51.6 Å². The third kappa shape index (κ3) is 3.44. The zero-order valence-electron chi connectivity index (χ0n) is 16.1. The van der Waals surface area contributed by atoms with Gasteiger partial charge in [-0.25, -0.2) is 9.97 Å². The van der Waals surface area contributed by atoms with Crippen molar-refractivity contribution >= 4 is 39.6 Å². The zero-order valence-corrected chi connectivity index (χ0v) is 16.1. The SMILES string of the molecule is Cc1ccc(Nc2ncnc(Nc3cccc4nc(C)ccc34)c2N)c(C)c1. The van der Waals surface area contributed by atoms with Gasteiger partial charge in [-0.05, 0) is 56.7 Å². The molecule has 0 fully saturated rings. The topological polar surface area (TPSA) is 88.8 Å². The Labute approximate surface area is 163 Å². The first-order valence-electron chi connectivity index (χ1n) is 9.09. The van der Waals surface area contributed by atoms with Crippen molar-refractivity contribution in [3.05, 3.63) is 71.7 Å². The molecule has 28 heavy (non-hydrogen) atoms. The van der Waals surface area contributed by atoms with Crippen molar-refractivity contribution in [1.82, 2.24) is 15.0 Å². The molecule has 2 heterocycles. The van der Waals surface area contributed by atoms with Crippen molar-refractivity contribution in [2.45, 2.75) is 20.8 Å². The second-order valence-electron chi connectivity index (χ2n) is 6.88. The number of anilines is 5. The van der Waals surface area contributed by atoms with Crippen LogP contribution in [0.4, 0.5) is 28.7 Å². The molecule has 0 radical (unpaired) electrons. The first-order chi connectivity index (χ1) is 13.5. The van der Waals surface area contributed by atoms with Gasteiger partial charge in [0.15, 0.2) is 11.6 Å². The molecule has 0 spiro atoms. The number of nitrogens with two attached hydrogens (primary N) is 1. The number of aryl methyl sites for hydroxylation is 3. The predicted octanol–water partition coefficient (Wildman–Crippen LogP) is 5.02. The van der Waals surface area contributed by atoms with E-state index in [0.717, 1.165) is 33.5 Å². The standard InChI is InChI=1S/C22H22N6/c1-13-7-10-17(14(2)11-13)27-21-20(23)22(25-12-24-21)28-19-6-4-5-18-16(19)9-8-15(3)26-18/h4-12H,23H2,1-3H3,(H2,24,25,27,28). The summed E-state index contributed by atoms with van der Waals surface area (Å²) in [6.45, 7) is 6.10. The number of nitrogen functional groups attached to an aromatic ring is 1. The van der Waals surface area contributed by atoms with E-state index in [-0.39, 0.29) is 0 Å². The molecule has 6 heteroatoms. The molecular weight excluding hydrogens is 348 g/mol. The Morgan fingerprint density at radius 3 is 2.32 bits per heavy atom. The molecule has 0 saturated heterocycles. The highest BCUT2D eigenvalue weighted by atomic mass is 15.1. The van der Waals surface area contributed by atoms with Crippen molar-refractivity contribution < 1.29 is 0 Å². The largest absolute Gasteiger partial charge is 0.393 e. The Hall–Kier alpha value is -3.67. The van der Waals surface area contributed by atoms with Crippen LogP contribution in [0.15, 0.2) is 54.9 Å². The smallest absolute Gasteiger partial charge is 0.159 e. The molecule has 4 rings (SSSR count). The van der Waals surface area contributed by atoms with E-state index < -0.39 is 0 Å². The van der Waals surface area contributed by atoms with E-state index in [1.807, 2.05) is 43.3 Å². The Bertz CT molecular complexity index is 1170. The minimum absolute atomic E-state index is 0.458. The van der Waals surface area contributed by atoms with Gasteiger partial charge < -0.3 is 16.4 Å². The number of nitrogens with one attached hydrogen (secondary N) is 2. The molecule has 140 valence electrons. The first kappa shape index (κ1) is 17.7. The lowest BCUT2D eigenvalue weighted by Gasteiger charge is -2.15. The van der Waals surface area contributed by atoms with Crippen LogP contribution in [0.25, 0.3) is 10.9 Å². The number of hydrogen-bond donors (Lipinski definition) is 3. The Balaban J connectivity index is 1.68. The summed E-state index contributed by atoms with van der Waals surface area (Å²) in [6.07, 6.45) is 1.50. The van der Waals surface area contributed by atoms with Crippen LogP contribution in [0.1, 0.15) is 16.8 Å². The van der Waals surface area contributed by atoms with Gasteiger partial charge in [-0.3, -0.25) is 4.98 Å². The Kier molecular flexibility index (Phi) is 4.53. The minimum Gasteiger partial charge on any atom is -0.393 e. The fourth-order valence-electron chi connectivity index (χ4n) is 3.17. The van der Waals surface area contributed by atoms with Gasteiger partial charge in [0.2, 0.25) is 0 Å². The minimum atomic E-state index is 0.458. The summed E-state index contributed by atoms with van der Waals surface area (Å²) in [5, 5.41) is 7.65. The summed E-state index contributed by atoms with van der Waals surface area (Å²) in [6, 6.07) is 16.2. The molecule has 4 N–H and O–H groups in total. The van der Waals surface area contributed by atoms with Crippen LogP contribution in [0, 0.1) is 20.8 Å². The highest BCUT2D eigenvalue weighted by molar-refractivity contribution is 5.94. The van der Waals surface area contributed by atoms with Crippen molar-refractivity contribution in [2.75, 3.05) is 16.4 Å². The molecule has 0 atom stereocenters. The van der Waals surface area contributed by atoms with Gasteiger partial charge in [0.1, 0.15) is 12.0 Å². The van der Waals surface area contributed by atoms with Crippen molar-refractivity contribution in [3.63, 3.8) is 0 Å². The van der Waals surface area contributed by atoms with Crippen LogP contribution in [-0.2, 0) is 0 Å². The van der Waals surface area contributed by atoms with Gasteiger partial charge in [-0.15, -0.1) is 0 Å². The fourth-order valence-corrected chi connectivity index (χ4v) is 3.17. The van der Waals surface area contributed by atoms with Gasteiger partial charge in [0, 0.05) is 22.5 Å². The number of fused-ring (bicyclic) bond motifs is 1. The third-order valence-electron chi connectivity index (χ3n) is 4.64. The van der Waals surface area contributed by atoms with E-state index in [4.69, 9.17) is 5.73 Å². The molecule has 0 bridgehead atoms. The molecule has 0 unspecified atom stereocenters. The number of nitrogens with zero attached hydrogens (tertiary/aromatic N) is 3. The molecule has 2 aromatic carbocycles. The van der Waals surface area contributed by atoms with Gasteiger partial charge >= 0.3 is 0 Å². The molecule has 0 amide bonds. The molecular formula is C22H22N6. The summed E-state index contributed by atoms with van der Waals surface area (Å²) in [7, 11) is 0. The average molecular weight is 370 g/mol. The molecule has 0 aliphatic rings. The Morgan fingerprint density at radius 2 is 1.57 bits per heavy atom. The van der Waals surface area contributed by atoms with Gasteiger partial charge in [-0.2, -0.15) is 0 Å². The first-order valence-corrected chi connectivity index (χ1v) is 9.09. The maximum atomic E-state index is 6.36. The molecule has 0 aliphatic carbocycles. The lowest BCUT2D eigenvalue weighted by Crippen LogP contribution is -2.06.